The van der Waals surface area contributed by atoms with Crippen LogP contribution in [0.1, 0.15) is 18.6 Å². The molecule has 0 heterocycles. The number of halogens is 1. The summed E-state index contributed by atoms with van der Waals surface area (Å²) >= 11 is 0. The molecular formula is C9H12FNO. The summed E-state index contributed by atoms with van der Waals surface area (Å²) in [5, 5.41) is 9.44. The van der Waals surface area contributed by atoms with E-state index in [-0.39, 0.29) is 11.9 Å². The van der Waals surface area contributed by atoms with Crippen molar-refractivity contribution in [2.45, 2.75) is 19.1 Å². The molecule has 0 spiro atoms. The average Bonchev–Trinajstić information content (AvgIpc) is 2.04. The molecule has 12 heavy (non-hydrogen) atoms. The van der Waals surface area contributed by atoms with Crippen molar-refractivity contribution in [3.8, 4) is 0 Å². The van der Waals surface area contributed by atoms with Crippen LogP contribution >= 0.6 is 0 Å². The molecule has 2 atom stereocenters. The van der Waals surface area contributed by atoms with Crippen LogP contribution in [0.15, 0.2) is 24.3 Å². The van der Waals surface area contributed by atoms with E-state index < -0.39 is 6.10 Å². The second-order valence-electron chi connectivity index (χ2n) is 2.86. The molecule has 0 fully saturated rings. The Bertz CT molecular complexity index is 245. The number of nitrogens with two attached hydrogens (primary N) is 1. The second kappa shape index (κ2) is 3.65. The Labute approximate surface area is 70.8 Å². The van der Waals surface area contributed by atoms with Crippen LogP contribution in [0.4, 0.5) is 4.39 Å². The molecule has 66 valence electrons. The highest BCUT2D eigenvalue weighted by Crippen LogP contribution is 2.15. The molecule has 0 aliphatic heterocycles. The minimum atomic E-state index is -0.717. The molecule has 0 radical (unpaired) electrons. The molecule has 0 saturated heterocycles. The number of hydrogen-bond acceptors (Lipinski definition) is 2. The molecule has 1 unspecified atom stereocenters. The van der Waals surface area contributed by atoms with Gasteiger partial charge in [0.1, 0.15) is 5.82 Å². The number of rotatable bonds is 2. The average molecular weight is 169 g/mol. The predicted molar refractivity (Wildman–Crippen MR) is 45.0 cm³/mol. The van der Waals surface area contributed by atoms with Gasteiger partial charge in [-0.05, 0) is 24.6 Å². The smallest absolute Gasteiger partial charge is 0.123 e. The van der Waals surface area contributed by atoms with Gasteiger partial charge in [-0.1, -0.05) is 12.1 Å². The Hall–Kier alpha value is -0.930. The lowest BCUT2D eigenvalue weighted by atomic mass is 10.0. The van der Waals surface area contributed by atoms with Gasteiger partial charge in [-0.25, -0.2) is 4.39 Å². The highest BCUT2D eigenvalue weighted by Gasteiger charge is 2.11. The number of aliphatic hydroxyl groups excluding tert-OH is 1. The van der Waals surface area contributed by atoms with Gasteiger partial charge < -0.3 is 10.8 Å². The Balaban J connectivity index is 2.82. The van der Waals surface area contributed by atoms with Crippen molar-refractivity contribution in [1.82, 2.24) is 0 Å². The van der Waals surface area contributed by atoms with Crippen molar-refractivity contribution in [2.75, 3.05) is 0 Å². The Kier molecular flexibility index (Phi) is 2.78. The summed E-state index contributed by atoms with van der Waals surface area (Å²) in [5.41, 5.74) is 6.11. The SMILES string of the molecule is C[C@H](N)C(O)c1ccc(F)cc1. The first-order chi connectivity index (χ1) is 5.61. The van der Waals surface area contributed by atoms with Crippen LogP contribution in [-0.4, -0.2) is 11.1 Å². The minimum absolute atomic E-state index is 0.310. The number of benzene rings is 1. The van der Waals surface area contributed by atoms with Gasteiger partial charge in [-0.2, -0.15) is 0 Å². The first-order valence-electron chi connectivity index (χ1n) is 3.80. The van der Waals surface area contributed by atoms with Gasteiger partial charge in [-0.3, -0.25) is 0 Å². The van der Waals surface area contributed by atoms with Gasteiger partial charge in [-0.15, -0.1) is 0 Å². The molecule has 1 rings (SSSR count). The maximum absolute atomic E-state index is 12.4. The predicted octanol–water partition coefficient (Wildman–Crippen LogP) is 1.21. The van der Waals surface area contributed by atoms with Gasteiger partial charge in [0.05, 0.1) is 6.10 Å². The fourth-order valence-corrected chi connectivity index (χ4v) is 0.964. The zero-order valence-corrected chi connectivity index (χ0v) is 6.87. The molecule has 0 aliphatic carbocycles. The van der Waals surface area contributed by atoms with Gasteiger partial charge in [0.2, 0.25) is 0 Å². The van der Waals surface area contributed by atoms with E-state index in [9.17, 15) is 9.50 Å². The van der Waals surface area contributed by atoms with Gasteiger partial charge in [0.25, 0.3) is 0 Å². The van der Waals surface area contributed by atoms with Crippen molar-refractivity contribution in [2.24, 2.45) is 5.73 Å². The Morgan fingerprint density at radius 3 is 2.25 bits per heavy atom. The topological polar surface area (TPSA) is 46.2 Å². The van der Waals surface area contributed by atoms with Gasteiger partial charge in [0, 0.05) is 6.04 Å². The highest BCUT2D eigenvalue weighted by atomic mass is 19.1. The standard InChI is InChI=1S/C9H12FNO/c1-6(11)9(12)7-2-4-8(10)5-3-7/h2-6,9,12H,11H2,1H3/t6-,9?/m0/s1. The fraction of sp³-hybridized carbons (Fsp3) is 0.333. The lowest BCUT2D eigenvalue weighted by molar-refractivity contribution is 0.153. The highest BCUT2D eigenvalue weighted by molar-refractivity contribution is 5.19. The lowest BCUT2D eigenvalue weighted by Crippen LogP contribution is -2.24. The summed E-state index contributed by atoms with van der Waals surface area (Å²) < 4.78 is 12.4. The summed E-state index contributed by atoms with van der Waals surface area (Å²) in [5.74, 6) is -0.310. The quantitative estimate of drug-likeness (QED) is 0.699. The third-order valence-electron chi connectivity index (χ3n) is 1.71. The molecule has 0 saturated carbocycles. The van der Waals surface area contributed by atoms with Crippen LogP contribution in [0.2, 0.25) is 0 Å². The molecular weight excluding hydrogens is 157 g/mol. The van der Waals surface area contributed by atoms with E-state index >= 15 is 0 Å². The van der Waals surface area contributed by atoms with Crippen molar-refractivity contribution in [3.63, 3.8) is 0 Å². The molecule has 1 aromatic carbocycles. The van der Waals surface area contributed by atoms with Crippen molar-refractivity contribution >= 4 is 0 Å². The van der Waals surface area contributed by atoms with Crippen LogP contribution in [0, 0.1) is 5.82 Å². The van der Waals surface area contributed by atoms with Crippen LogP contribution in [-0.2, 0) is 0 Å². The maximum Gasteiger partial charge on any atom is 0.123 e. The fourth-order valence-electron chi connectivity index (χ4n) is 0.964. The van der Waals surface area contributed by atoms with E-state index in [0.29, 0.717) is 5.56 Å². The van der Waals surface area contributed by atoms with Crippen LogP contribution in [0.25, 0.3) is 0 Å². The van der Waals surface area contributed by atoms with Crippen LogP contribution in [0.3, 0.4) is 0 Å². The Morgan fingerprint density at radius 1 is 1.33 bits per heavy atom. The second-order valence-corrected chi connectivity index (χ2v) is 2.86. The summed E-state index contributed by atoms with van der Waals surface area (Å²) in [7, 11) is 0. The molecule has 0 aromatic heterocycles. The zero-order valence-electron chi connectivity index (χ0n) is 6.87. The molecule has 0 bridgehead atoms. The normalized spacial score (nSPS) is 15.7. The first-order valence-corrected chi connectivity index (χ1v) is 3.80. The molecule has 3 N–H and O–H groups in total. The van der Waals surface area contributed by atoms with Crippen LogP contribution < -0.4 is 5.73 Å². The van der Waals surface area contributed by atoms with E-state index in [1.165, 1.54) is 24.3 Å². The summed E-state index contributed by atoms with van der Waals surface area (Å²) in [6.45, 7) is 1.70. The summed E-state index contributed by atoms with van der Waals surface area (Å²) in [6, 6.07) is 5.34. The van der Waals surface area contributed by atoms with E-state index in [2.05, 4.69) is 0 Å². The Morgan fingerprint density at radius 2 is 1.83 bits per heavy atom. The minimum Gasteiger partial charge on any atom is -0.387 e. The lowest BCUT2D eigenvalue weighted by Gasteiger charge is -2.14. The van der Waals surface area contributed by atoms with Crippen LogP contribution in [0.5, 0.6) is 0 Å². The summed E-state index contributed by atoms with van der Waals surface area (Å²) in [6.07, 6.45) is -0.717. The number of hydrogen-bond donors (Lipinski definition) is 2. The molecule has 2 nitrogen and oxygen atoms in total. The largest absolute Gasteiger partial charge is 0.387 e. The van der Waals surface area contributed by atoms with Crippen molar-refractivity contribution in [1.29, 1.82) is 0 Å². The molecule has 1 aromatic rings. The molecule has 0 aliphatic rings. The van der Waals surface area contributed by atoms with Gasteiger partial charge >= 0.3 is 0 Å². The first kappa shape index (κ1) is 9.16. The maximum atomic E-state index is 12.4. The van der Waals surface area contributed by atoms with Gasteiger partial charge in [0.15, 0.2) is 0 Å². The van der Waals surface area contributed by atoms with E-state index in [4.69, 9.17) is 5.73 Å². The number of aliphatic hydroxyl groups is 1. The van der Waals surface area contributed by atoms with Crippen molar-refractivity contribution in [3.05, 3.63) is 35.6 Å². The third kappa shape index (κ3) is 2.03. The zero-order chi connectivity index (χ0) is 9.14. The third-order valence-corrected chi connectivity index (χ3v) is 1.71. The van der Waals surface area contributed by atoms with E-state index in [1.807, 2.05) is 0 Å². The van der Waals surface area contributed by atoms with E-state index in [1.54, 1.807) is 6.92 Å². The van der Waals surface area contributed by atoms with E-state index in [0.717, 1.165) is 0 Å². The summed E-state index contributed by atoms with van der Waals surface area (Å²) in [4.78, 5) is 0. The molecule has 0 amide bonds. The molecule has 3 heteroatoms. The monoisotopic (exact) mass is 169 g/mol. The van der Waals surface area contributed by atoms with Crippen molar-refractivity contribution < 1.29 is 9.50 Å².